The predicted molar refractivity (Wildman–Crippen MR) is 94.2 cm³/mol. The molecule has 0 heterocycles. The van der Waals surface area contributed by atoms with Gasteiger partial charge >= 0.3 is 0 Å². The first kappa shape index (κ1) is 17.9. The third-order valence-electron chi connectivity index (χ3n) is 3.73. The average Bonchev–Trinajstić information content (AvgIpc) is 2.61. The van der Waals surface area contributed by atoms with E-state index in [1.165, 1.54) is 17.7 Å². The van der Waals surface area contributed by atoms with Crippen LogP contribution in [0.25, 0.3) is 0 Å². The third kappa shape index (κ3) is 5.98. The van der Waals surface area contributed by atoms with Crippen LogP contribution in [0, 0.1) is 10.1 Å². The van der Waals surface area contributed by atoms with Gasteiger partial charge in [0.2, 0.25) is 0 Å². The van der Waals surface area contributed by atoms with Crippen molar-refractivity contribution in [3.63, 3.8) is 0 Å². The second kappa shape index (κ2) is 9.64. The quantitative estimate of drug-likeness (QED) is 0.535. The summed E-state index contributed by atoms with van der Waals surface area (Å²) in [6.45, 7) is 3.63. The van der Waals surface area contributed by atoms with Crippen molar-refractivity contribution < 1.29 is 9.66 Å². The van der Waals surface area contributed by atoms with Crippen LogP contribution in [0.5, 0.6) is 5.75 Å². The predicted octanol–water partition coefficient (Wildman–Crippen LogP) is 2.48. The fourth-order valence-corrected chi connectivity index (χ4v) is 2.41. The highest BCUT2D eigenvalue weighted by Crippen LogP contribution is 2.17. The van der Waals surface area contributed by atoms with Crippen LogP contribution < -0.4 is 10.5 Å². The highest BCUT2D eigenvalue weighted by molar-refractivity contribution is 5.35. The minimum Gasteiger partial charge on any atom is -0.492 e. The van der Waals surface area contributed by atoms with Crippen molar-refractivity contribution in [1.82, 2.24) is 4.90 Å². The van der Waals surface area contributed by atoms with Crippen molar-refractivity contribution in [2.75, 3.05) is 32.8 Å². The van der Waals surface area contributed by atoms with Crippen LogP contribution >= 0.6 is 0 Å². The Morgan fingerprint density at radius 3 is 2.33 bits per heavy atom. The van der Waals surface area contributed by atoms with Gasteiger partial charge in [0.15, 0.2) is 0 Å². The van der Waals surface area contributed by atoms with Gasteiger partial charge in [-0.05, 0) is 24.1 Å². The fraction of sp³-hybridized carbons (Fsp3) is 0.333. The van der Waals surface area contributed by atoms with E-state index in [4.69, 9.17) is 10.5 Å². The summed E-state index contributed by atoms with van der Waals surface area (Å²) in [6.07, 6.45) is 0.971. The van der Waals surface area contributed by atoms with Crippen molar-refractivity contribution in [2.24, 2.45) is 5.73 Å². The second-order valence-electron chi connectivity index (χ2n) is 5.47. The molecular weight excluding hydrogens is 306 g/mol. The Morgan fingerprint density at radius 2 is 1.71 bits per heavy atom. The first-order valence-electron chi connectivity index (χ1n) is 8.02. The molecule has 24 heavy (non-hydrogen) atoms. The van der Waals surface area contributed by atoms with Crippen molar-refractivity contribution in [1.29, 1.82) is 0 Å². The van der Waals surface area contributed by atoms with Gasteiger partial charge in [-0.3, -0.25) is 15.0 Å². The molecule has 0 aromatic heterocycles. The summed E-state index contributed by atoms with van der Waals surface area (Å²) in [5.41, 5.74) is 7.05. The molecule has 0 saturated heterocycles. The maximum Gasteiger partial charge on any atom is 0.269 e. The number of hydrogen-bond acceptors (Lipinski definition) is 5. The highest BCUT2D eigenvalue weighted by atomic mass is 16.6. The van der Waals surface area contributed by atoms with Crippen molar-refractivity contribution >= 4 is 5.69 Å². The van der Waals surface area contributed by atoms with Crippen LogP contribution in [-0.4, -0.2) is 42.6 Å². The zero-order valence-corrected chi connectivity index (χ0v) is 13.6. The summed E-state index contributed by atoms with van der Waals surface area (Å²) in [4.78, 5) is 12.5. The van der Waals surface area contributed by atoms with Gasteiger partial charge in [0.1, 0.15) is 12.4 Å². The van der Waals surface area contributed by atoms with Gasteiger partial charge in [0.05, 0.1) is 4.92 Å². The topological polar surface area (TPSA) is 81.6 Å². The van der Waals surface area contributed by atoms with Gasteiger partial charge in [0, 0.05) is 38.3 Å². The summed E-state index contributed by atoms with van der Waals surface area (Å²) in [6, 6.07) is 16.5. The Hall–Kier alpha value is -2.44. The minimum atomic E-state index is -0.420. The zero-order chi connectivity index (χ0) is 17.2. The maximum absolute atomic E-state index is 10.6. The van der Waals surface area contributed by atoms with Crippen LogP contribution in [0.4, 0.5) is 5.69 Å². The molecule has 0 aliphatic rings. The normalized spacial score (nSPS) is 10.8. The molecule has 0 fully saturated rings. The highest BCUT2D eigenvalue weighted by Gasteiger charge is 2.07. The van der Waals surface area contributed by atoms with Crippen molar-refractivity contribution in [3.05, 3.63) is 70.3 Å². The molecule has 2 aromatic carbocycles. The summed E-state index contributed by atoms with van der Waals surface area (Å²) in [5.74, 6) is 0.636. The number of non-ortho nitro benzene ring substituents is 1. The van der Waals surface area contributed by atoms with E-state index in [2.05, 4.69) is 17.0 Å². The first-order valence-corrected chi connectivity index (χ1v) is 8.02. The van der Waals surface area contributed by atoms with E-state index in [0.717, 1.165) is 26.1 Å². The zero-order valence-electron chi connectivity index (χ0n) is 13.6. The van der Waals surface area contributed by atoms with Crippen molar-refractivity contribution in [2.45, 2.75) is 6.42 Å². The summed E-state index contributed by atoms with van der Waals surface area (Å²) in [5, 5.41) is 10.6. The molecule has 0 atom stereocenters. The molecule has 2 rings (SSSR count). The van der Waals surface area contributed by atoms with Gasteiger partial charge < -0.3 is 10.5 Å². The summed E-state index contributed by atoms with van der Waals surface area (Å²) >= 11 is 0. The summed E-state index contributed by atoms with van der Waals surface area (Å²) < 4.78 is 5.66. The van der Waals surface area contributed by atoms with E-state index in [1.807, 2.05) is 18.2 Å². The second-order valence-corrected chi connectivity index (χ2v) is 5.47. The number of nitro groups is 1. The van der Waals surface area contributed by atoms with Gasteiger partial charge in [-0.15, -0.1) is 0 Å². The van der Waals surface area contributed by atoms with Crippen LogP contribution in [0.15, 0.2) is 54.6 Å². The van der Waals surface area contributed by atoms with Gasteiger partial charge in [-0.1, -0.05) is 30.3 Å². The fourth-order valence-electron chi connectivity index (χ4n) is 2.41. The maximum atomic E-state index is 10.6. The molecule has 0 radical (unpaired) electrons. The molecule has 0 bridgehead atoms. The van der Waals surface area contributed by atoms with E-state index in [1.54, 1.807) is 12.1 Å². The largest absolute Gasteiger partial charge is 0.492 e. The number of ether oxygens (including phenoxy) is 1. The molecule has 2 aromatic rings. The van der Waals surface area contributed by atoms with Crippen LogP contribution in [-0.2, 0) is 6.42 Å². The van der Waals surface area contributed by atoms with E-state index in [9.17, 15) is 10.1 Å². The molecule has 0 spiro atoms. The molecule has 0 aliphatic heterocycles. The minimum absolute atomic E-state index is 0.0648. The number of benzene rings is 2. The SMILES string of the molecule is NCCN(CCOc1ccc([N+](=O)[O-])cc1)CCc1ccccc1. The number of nitro benzene ring substituents is 1. The van der Waals surface area contributed by atoms with Crippen molar-refractivity contribution in [3.8, 4) is 5.75 Å². The van der Waals surface area contributed by atoms with E-state index < -0.39 is 4.92 Å². The van der Waals surface area contributed by atoms with Gasteiger partial charge in [-0.25, -0.2) is 0 Å². The Morgan fingerprint density at radius 1 is 1.00 bits per heavy atom. The lowest BCUT2D eigenvalue weighted by molar-refractivity contribution is -0.384. The lowest BCUT2D eigenvalue weighted by atomic mass is 10.1. The molecule has 6 nitrogen and oxygen atoms in total. The third-order valence-corrected chi connectivity index (χ3v) is 3.73. The lowest BCUT2D eigenvalue weighted by Crippen LogP contribution is -2.34. The summed E-state index contributed by atoms with van der Waals surface area (Å²) in [7, 11) is 0. The number of hydrogen-bond donors (Lipinski definition) is 1. The molecule has 2 N–H and O–H groups in total. The Kier molecular flexibility index (Phi) is 7.20. The monoisotopic (exact) mass is 329 g/mol. The van der Waals surface area contributed by atoms with Gasteiger partial charge in [-0.2, -0.15) is 0 Å². The molecule has 0 amide bonds. The Bertz CT molecular complexity index is 617. The Labute approximate surface area is 142 Å². The first-order chi connectivity index (χ1) is 11.7. The smallest absolute Gasteiger partial charge is 0.269 e. The molecular formula is C18H23N3O3. The molecule has 128 valence electrons. The lowest BCUT2D eigenvalue weighted by Gasteiger charge is -2.21. The van der Waals surface area contributed by atoms with Crippen LogP contribution in [0.2, 0.25) is 0 Å². The molecule has 6 heteroatoms. The van der Waals surface area contributed by atoms with Gasteiger partial charge in [0.25, 0.3) is 5.69 Å². The average molecular weight is 329 g/mol. The van der Waals surface area contributed by atoms with Crippen LogP contribution in [0.1, 0.15) is 5.56 Å². The molecule has 0 saturated carbocycles. The standard InChI is InChI=1S/C18H23N3O3/c19-11-13-20(12-10-16-4-2-1-3-5-16)14-15-24-18-8-6-17(7-9-18)21(22)23/h1-9H,10-15,19H2. The molecule has 0 aliphatic carbocycles. The number of nitrogens with two attached hydrogens (primary N) is 1. The van der Waals surface area contributed by atoms with Crippen LogP contribution in [0.3, 0.4) is 0 Å². The van der Waals surface area contributed by atoms with E-state index in [-0.39, 0.29) is 5.69 Å². The van der Waals surface area contributed by atoms with E-state index >= 15 is 0 Å². The van der Waals surface area contributed by atoms with E-state index in [0.29, 0.717) is 18.9 Å². The number of rotatable bonds is 10. The molecule has 0 unspecified atom stereocenters. The Balaban J connectivity index is 1.77. The number of nitrogens with zero attached hydrogens (tertiary/aromatic N) is 2.